The molecule has 0 bridgehead atoms. The summed E-state index contributed by atoms with van der Waals surface area (Å²) in [6, 6.07) is 0. The van der Waals surface area contributed by atoms with Crippen LogP contribution in [0.25, 0.3) is 0 Å². The summed E-state index contributed by atoms with van der Waals surface area (Å²) in [4.78, 5) is 4.96. The number of hydrogen-bond acceptors (Lipinski definition) is 2. The highest BCUT2D eigenvalue weighted by Gasteiger charge is 2.18. The van der Waals surface area contributed by atoms with Crippen LogP contribution in [0.5, 0.6) is 0 Å². The minimum Gasteiger partial charge on any atom is -0.306 e. The summed E-state index contributed by atoms with van der Waals surface area (Å²) in [7, 11) is 4.52. The minimum atomic E-state index is 1.04. The quantitative estimate of drug-likeness (QED) is 0.693. The Morgan fingerprint density at radius 1 is 0.667 bits per heavy atom. The minimum absolute atomic E-state index is 1.04. The van der Waals surface area contributed by atoms with E-state index in [0.29, 0.717) is 0 Å². The van der Waals surface area contributed by atoms with Gasteiger partial charge in [-0.05, 0) is 77.8 Å². The van der Waals surface area contributed by atoms with E-state index in [4.69, 9.17) is 0 Å². The van der Waals surface area contributed by atoms with Crippen LogP contribution in [0, 0.1) is 11.8 Å². The first-order valence-corrected chi connectivity index (χ1v) is 8.11. The second kappa shape index (κ2) is 7.49. The fourth-order valence-corrected chi connectivity index (χ4v) is 3.57. The van der Waals surface area contributed by atoms with Crippen molar-refractivity contribution < 1.29 is 0 Å². The number of likely N-dealkylation sites (tertiary alicyclic amines) is 2. The first-order valence-electron chi connectivity index (χ1n) is 8.11. The van der Waals surface area contributed by atoms with Crippen LogP contribution >= 0.6 is 0 Å². The Morgan fingerprint density at radius 3 is 1.33 bits per heavy atom. The molecule has 0 aromatic heterocycles. The van der Waals surface area contributed by atoms with Crippen LogP contribution in [0.15, 0.2) is 0 Å². The predicted molar refractivity (Wildman–Crippen MR) is 78.9 cm³/mol. The highest BCUT2D eigenvalue weighted by Crippen LogP contribution is 2.25. The zero-order valence-electron chi connectivity index (χ0n) is 12.5. The van der Waals surface area contributed by atoms with Crippen molar-refractivity contribution in [1.82, 2.24) is 9.80 Å². The Balaban J connectivity index is 1.48. The number of piperidine rings is 2. The summed E-state index contributed by atoms with van der Waals surface area (Å²) < 4.78 is 0. The fraction of sp³-hybridized carbons (Fsp3) is 1.00. The molecule has 0 aromatic rings. The topological polar surface area (TPSA) is 6.48 Å². The van der Waals surface area contributed by atoms with Crippen molar-refractivity contribution >= 4 is 0 Å². The van der Waals surface area contributed by atoms with E-state index in [1.54, 1.807) is 0 Å². The zero-order valence-corrected chi connectivity index (χ0v) is 12.5. The van der Waals surface area contributed by atoms with Gasteiger partial charge in [-0.1, -0.05) is 25.7 Å². The summed E-state index contributed by atoms with van der Waals surface area (Å²) >= 11 is 0. The first-order chi connectivity index (χ1) is 8.74. The third kappa shape index (κ3) is 4.89. The Labute approximate surface area is 114 Å². The van der Waals surface area contributed by atoms with E-state index in [-0.39, 0.29) is 0 Å². The van der Waals surface area contributed by atoms with E-state index in [2.05, 4.69) is 23.9 Å². The van der Waals surface area contributed by atoms with E-state index in [1.165, 1.54) is 77.5 Å². The summed E-state index contributed by atoms with van der Waals surface area (Å²) in [6.07, 6.45) is 11.8. The molecule has 2 aliphatic rings. The standard InChI is InChI=1S/C16H32N2/c1-17-11-7-15(8-12-17)5-3-4-6-16-9-13-18(2)14-10-16/h15-16H,3-14H2,1-2H3. The van der Waals surface area contributed by atoms with Crippen LogP contribution in [0.3, 0.4) is 0 Å². The van der Waals surface area contributed by atoms with Crippen molar-refractivity contribution in [3.05, 3.63) is 0 Å². The van der Waals surface area contributed by atoms with Crippen LogP contribution < -0.4 is 0 Å². The highest BCUT2D eigenvalue weighted by molar-refractivity contribution is 4.72. The van der Waals surface area contributed by atoms with Crippen LogP contribution in [-0.2, 0) is 0 Å². The summed E-state index contributed by atoms with van der Waals surface area (Å²) in [5.74, 6) is 2.08. The predicted octanol–water partition coefficient (Wildman–Crippen LogP) is 3.23. The molecule has 2 nitrogen and oxygen atoms in total. The first kappa shape index (κ1) is 14.3. The number of nitrogens with zero attached hydrogens (tertiary/aromatic N) is 2. The van der Waals surface area contributed by atoms with Gasteiger partial charge in [-0.2, -0.15) is 0 Å². The van der Waals surface area contributed by atoms with E-state index in [9.17, 15) is 0 Å². The third-order valence-corrected chi connectivity index (χ3v) is 5.15. The molecule has 106 valence electrons. The van der Waals surface area contributed by atoms with Gasteiger partial charge in [0, 0.05) is 0 Å². The fourth-order valence-electron chi connectivity index (χ4n) is 3.57. The van der Waals surface area contributed by atoms with Crippen LogP contribution in [0.1, 0.15) is 51.4 Å². The smallest absolute Gasteiger partial charge is 0.00191 e. The molecule has 2 heterocycles. The van der Waals surface area contributed by atoms with Gasteiger partial charge in [0.25, 0.3) is 0 Å². The molecule has 0 spiro atoms. The van der Waals surface area contributed by atoms with Gasteiger partial charge in [-0.3, -0.25) is 0 Å². The average molecular weight is 252 g/mol. The zero-order chi connectivity index (χ0) is 12.8. The molecule has 2 rings (SSSR count). The van der Waals surface area contributed by atoms with Gasteiger partial charge in [-0.15, -0.1) is 0 Å². The third-order valence-electron chi connectivity index (χ3n) is 5.15. The molecule has 0 aromatic carbocycles. The summed E-state index contributed by atoms with van der Waals surface area (Å²) in [6.45, 7) is 5.33. The SMILES string of the molecule is CN1CCC(CCCCC2CCN(C)CC2)CC1. The normalized spacial score (nSPS) is 25.7. The monoisotopic (exact) mass is 252 g/mol. The van der Waals surface area contributed by atoms with E-state index >= 15 is 0 Å². The maximum absolute atomic E-state index is 2.48. The van der Waals surface area contributed by atoms with Gasteiger partial charge in [0.15, 0.2) is 0 Å². The molecule has 0 atom stereocenters. The molecular formula is C16H32N2. The Bertz CT molecular complexity index is 189. The Hall–Kier alpha value is -0.0800. The maximum Gasteiger partial charge on any atom is -0.00191 e. The molecule has 0 aliphatic carbocycles. The van der Waals surface area contributed by atoms with Crippen molar-refractivity contribution in [2.75, 3.05) is 40.3 Å². The lowest BCUT2D eigenvalue weighted by molar-refractivity contribution is 0.198. The van der Waals surface area contributed by atoms with Gasteiger partial charge in [0.05, 0.1) is 0 Å². The van der Waals surface area contributed by atoms with E-state index < -0.39 is 0 Å². The van der Waals surface area contributed by atoms with Gasteiger partial charge in [0.1, 0.15) is 0 Å². The second-order valence-corrected chi connectivity index (χ2v) is 6.78. The lowest BCUT2D eigenvalue weighted by Crippen LogP contribution is -2.30. The molecule has 18 heavy (non-hydrogen) atoms. The lowest BCUT2D eigenvalue weighted by Gasteiger charge is -2.30. The lowest BCUT2D eigenvalue weighted by atomic mass is 9.88. The molecule has 0 radical (unpaired) electrons. The molecule has 0 N–H and O–H groups in total. The molecule has 2 fully saturated rings. The molecule has 0 unspecified atom stereocenters. The summed E-state index contributed by atoms with van der Waals surface area (Å²) in [5.41, 5.74) is 0. The summed E-state index contributed by atoms with van der Waals surface area (Å²) in [5, 5.41) is 0. The van der Waals surface area contributed by atoms with Crippen LogP contribution in [0.2, 0.25) is 0 Å². The van der Waals surface area contributed by atoms with Gasteiger partial charge < -0.3 is 9.80 Å². The molecule has 2 aliphatic heterocycles. The van der Waals surface area contributed by atoms with E-state index in [0.717, 1.165) is 11.8 Å². The van der Waals surface area contributed by atoms with Crippen molar-refractivity contribution in [3.8, 4) is 0 Å². The highest BCUT2D eigenvalue weighted by atomic mass is 15.1. The van der Waals surface area contributed by atoms with Gasteiger partial charge >= 0.3 is 0 Å². The average Bonchev–Trinajstić information content (AvgIpc) is 2.39. The number of rotatable bonds is 5. The molecule has 2 heteroatoms. The Kier molecular flexibility index (Phi) is 5.97. The van der Waals surface area contributed by atoms with Gasteiger partial charge in [0.2, 0.25) is 0 Å². The Morgan fingerprint density at radius 2 is 1.00 bits per heavy atom. The second-order valence-electron chi connectivity index (χ2n) is 6.78. The van der Waals surface area contributed by atoms with Crippen molar-refractivity contribution in [3.63, 3.8) is 0 Å². The van der Waals surface area contributed by atoms with Crippen molar-refractivity contribution in [2.24, 2.45) is 11.8 Å². The molecule has 2 saturated heterocycles. The van der Waals surface area contributed by atoms with E-state index in [1.807, 2.05) is 0 Å². The van der Waals surface area contributed by atoms with Crippen LogP contribution in [0.4, 0.5) is 0 Å². The molecule has 0 amide bonds. The number of hydrogen-bond donors (Lipinski definition) is 0. The molecular weight excluding hydrogens is 220 g/mol. The molecule has 0 saturated carbocycles. The van der Waals surface area contributed by atoms with Crippen molar-refractivity contribution in [2.45, 2.75) is 51.4 Å². The van der Waals surface area contributed by atoms with Gasteiger partial charge in [-0.25, -0.2) is 0 Å². The van der Waals surface area contributed by atoms with Crippen molar-refractivity contribution in [1.29, 1.82) is 0 Å². The largest absolute Gasteiger partial charge is 0.306 e. The maximum atomic E-state index is 2.48. The number of unbranched alkanes of at least 4 members (excludes halogenated alkanes) is 1. The van der Waals surface area contributed by atoms with Crippen LogP contribution in [-0.4, -0.2) is 50.1 Å².